The van der Waals surface area contributed by atoms with Crippen LogP contribution >= 0.6 is 0 Å². The number of carbonyl (C=O) groups is 2. The number of nitrogens with one attached hydrogen (secondary N) is 3. The molecule has 0 spiro atoms. The number of methoxy groups -OCH3 is 5. The Kier molecular flexibility index (Phi) is 22.5. The third-order valence-electron chi connectivity index (χ3n) is 8.62. The Morgan fingerprint density at radius 1 is 0.365 bits per heavy atom. The number of nitrogens with zero attached hydrogens (tertiary/aromatic N) is 3. The van der Waals surface area contributed by atoms with Crippen LogP contribution < -0.4 is 39.6 Å². The number of ether oxygens (including phenoxy) is 5. The minimum absolute atomic E-state index is 0. The van der Waals surface area contributed by atoms with Gasteiger partial charge in [0.1, 0.15) is 28.7 Å². The molecule has 6 aromatic carbocycles. The summed E-state index contributed by atoms with van der Waals surface area (Å²) >= 11 is 0. The molecule has 0 saturated heterocycles. The average molecular weight is 859 g/mol. The van der Waals surface area contributed by atoms with Crippen molar-refractivity contribution in [2.24, 2.45) is 0 Å². The number of rotatable bonds is 13. The Labute approximate surface area is 372 Å². The second-order valence-electron chi connectivity index (χ2n) is 12.6. The van der Waals surface area contributed by atoms with E-state index in [1.165, 1.54) is 0 Å². The van der Waals surface area contributed by atoms with Crippen molar-refractivity contribution in [3.05, 3.63) is 145 Å². The molecule has 334 valence electrons. The van der Waals surface area contributed by atoms with Gasteiger partial charge in [-0.25, -0.2) is 0 Å². The maximum absolute atomic E-state index is 11.2. The molecule has 0 radical (unpaired) electrons. The normalized spacial score (nSPS) is 9.44. The molecule has 0 aliphatic rings. The average Bonchev–Trinajstić information content (AvgIpc) is 3.27. The number of ketones is 2. The first-order valence-corrected chi connectivity index (χ1v) is 18.3. The van der Waals surface area contributed by atoms with Gasteiger partial charge in [-0.15, -0.1) is 0 Å². The van der Waals surface area contributed by atoms with E-state index in [1.54, 1.807) is 73.7 Å². The molecule has 0 bridgehead atoms. The van der Waals surface area contributed by atoms with E-state index in [4.69, 9.17) is 23.7 Å². The number of hydrogen-bond acceptors (Lipinski definition) is 13. The van der Waals surface area contributed by atoms with Gasteiger partial charge in [-0.3, -0.25) is 9.59 Å². The highest BCUT2D eigenvalue weighted by atomic mass is 16.5. The summed E-state index contributed by atoms with van der Waals surface area (Å²) in [5.74, 6) is 5.19. The van der Waals surface area contributed by atoms with E-state index >= 15 is 0 Å². The Bertz CT molecular complexity index is 2280. The smallest absolute Gasteiger partial charge is 0.233 e. The lowest BCUT2D eigenvalue weighted by Gasteiger charge is -2.12. The van der Waals surface area contributed by atoms with Crippen LogP contribution in [-0.2, 0) is 0 Å². The van der Waals surface area contributed by atoms with Crippen LogP contribution in [0.5, 0.6) is 28.7 Å². The summed E-state index contributed by atoms with van der Waals surface area (Å²) < 4.78 is 25.7. The van der Waals surface area contributed by atoms with Crippen molar-refractivity contribution in [2.45, 2.75) is 43.6 Å². The molecule has 7 aromatic rings. The lowest BCUT2D eigenvalue weighted by Crippen LogP contribution is -2.07. The Morgan fingerprint density at radius 3 is 0.952 bits per heavy atom. The van der Waals surface area contributed by atoms with E-state index in [2.05, 4.69) is 30.9 Å². The molecule has 0 aliphatic carbocycles. The Hall–Kier alpha value is -7.67. The van der Waals surface area contributed by atoms with Gasteiger partial charge < -0.3 is 39.6 Å². The van der Waals surface area contributed by atoms with Crippen molar-refractivity contribution in [2.75, 3.05) is 51.5 Å². The fourth-order valence-electron chi connectivity index (χ4n) is 5.35. The van der Waals surface area contributed by atoms with Crippen LogP contribution in [-0.4, -0.2) is 62.1 Å². The molecule has 1 heterocycles. The maximum atomic E-state index is 11.2. The highest BCUT2D eigenvalue weighted by Gasteiger charge is 2.10. The second kappa shape index (κ2) is 26.5. The summed E-state index contributed by atoms with van der Waals surface area (Å²) in [6.07, 6.45) is 0. The van der Waals surface area contributed by atoms with Crippen LogP contribution in [0.1, 0.15) is 64.3 Å². The molecule has 0 saturated carbocycles. The molecule has 0 fully saturated rings. The van der Waals surface area contributed by atoms with E-state index in [1.807, 2.05) is 109 Å². The minimum Gasteiger partial charge on any atom is -0.497 e. The lowest BCUT2D eigenvalue weighted by atomic mass is 10.0. The highest BCUT2D eigenvalue weighted by Crippen LogP contribution is 2.25. The van der Waals surface area contributed by atoms with Crippen molar-refractivity contribution in [3.63, 3.8) is 0 Å². The number of aromatic nitrogens is 3. The summed E-state index contributed by atoms with van der Waals surface area (Å²) in [5.41, 5.74) is 3.90. The van der Waals surface area contributed by atoms with Crippen molar-refractivity contribution in [3.8, 4) is 28.7 Å². The standard InChI is InChI=1S/C24H24N6O3.C13H12O2.C9H10O2.4CH4/c1-31-19-10-4-16(5-11-19)25-22-28-23(26-17-6-12-20(32-2)13-7-17)30-24(29-22)27-18-8-14-21(33-3)15-9-18;1-9(14)10-3-4-12-8-13(15-2)6-5-11(12)7-10;1-7(10)8-3-5-9(11-2)6-4-8;;;;/h4-15H,1-3H3,(H3,25,26,27,28,29,30);3-8H,1-2H3;3-6H,1-2H3;4*1H4. The van der Waals surface area contributed by atoms with Crippen LogP contribution in [0, 0.1) is 0 Å². The van der Waals surface area contributed by atoms with E-state index in [0.717, 1.165) is 62.1 Å². The fraction of sp³-hybridized carbons (Fsp3) is 0.220. The molecule has 0 aliphatic heterocycles. The van der Waals surface area contributed by atoms with Gasteiger partial charge in [0.2, 0.25) is 17.8 Å². The zero-order valence-corrected chi connectivity index (χ0v) is 33.9. The summed E-state index contributed by atoms with van der Waals surface area (Å²) in [5, 5.41) is 11.8. The first-order chi connectivity index (χ1) is 28.6. The summed E-state index contributed by atoms with van der Waals surface area (Å²) in [7, 11) is 8.13. The molecule has 13 nitrogen and oxygen atoms in total. The summed E-state index contributed by atoms with van der Waals surface area (Å²) in [4.78, 5) is 35.5. The van der Waals surface area contributed by atoms with Crippen molar-refractivity contribution < 1.29 is 33.3 Å². The van der Waals surface area contributed by atoms with Gasteiger partial charge in [0.15, 0.2) is 11.6 Å². The minimum atomic E-state index is 0. The number of fused-ring (bicyclic) bond motifs is 1. The predicted octanol–water partition coefficient (Wildman–Crippen LogP) is 12.6. The molecule has 0 amide bonds. The molecule has 1 aromatic heterocycles. The van der Waals surface area contributed by atoms with Crippen LogP contribution in [0.2, 0.25) is 0 Å². The maximum Gasteiger partial charge on any atom is 0.233 e. The number of benzene rings is 6. The quantitative estimate of drug-likeness (QED) is 0.0943. The van der Waals surface area contributed by atoms with E-state index in [9.17, 15) is 9.59 Å². The first kappa shape index (κ1) is 53.3. The molecule has 63 heavy (non-hydrogen) atoms. The zero-order chi connectivity index (χ0) is 42.1. The van der Waals surface area contributed by atoms with Gasteiger partial charge in [-0.1, -0.05) is 47.9 Å². The van der Waals surface area contributed by atoms with Crippen LogP contribution in [0.25, 0.3) is 10.8 Å². The van der Waals surface area contributed by atoms with Crippen molar-refractivity contribution >= 4 is 57.2 Å². The molecule has 7 rings (SSSR count). The van der Waals surface area contributed by atoms with E-state index in [-0.39, 0.29) is 41.3 Å². The monoisotopic (exact) mass is 858 g/mol. The van der Waals surface area contributed by atoms with Crippen LogP contribution in [0.15, 0.2) is 133 Å². The number of anilines is 6. The van der Waals surface area contributed by atoms with Gasteiger partial charge in [-0.2, -0.15) is 15.0 Å². The Morgan fingerprint density at radius 2 is 0.635 bits per heavy atom. The molecule has 3 N–H and O–H groups in total. The third kappa shape index (κ3) is 16.0. The summed E-state index contributed by atoms with van der Waals surface area (Å²) in [6.45, 7) is 3.12. The van der Waals surface area contributed by atoms with Crippen molar-refractivity contribution in [1.82, 2.24) is 15.0 Å². The number of hydrogen-bond donors (Lipinski definition) is 3. The van der Waals surface area contributed by atoms with Gasteiger partial charge >= 0.3 is 0 Å². The molecule has 0 unspecified atom stereocenters. The van der Waals surface area contributed by atoms with Gasteiger partial charge in [0.05, 0.1) is 35.5 Å². The molecular weight excluding hydrogens is 797 g/mol. The van der Waals surface area contributed by atoms with Gasteiger partial charge in [0.25, 0.3) is 0 Å². The largest absolute Gasteiger partial charge is 0.497 e. The molecule has 0 atom stereocenters. The second-order valence-corrected chi connectivity index (χ2v) is 12.6. The van der Waals surface area contributed by atoms with E-state index in [0.29, 0.717) is 23.4 Å². The Balaban J connectivity index is 0.000000550. The van der Waals surface area contributed by atoms with Crippen LogP contribution in [0.4, 0.5) is 34.9 Å². The fourth-order valence-corrected chi connectivity index (χ4v) is 5.35. The number of Topliss-reactive ketones (excluding diaryl/α,β-unsaturated/α-hetero) is 2. The van der Waals surface area contributed by atoms with Crippen molar-refractivity contribution in [1.29, 1.82) is 0 Å². The molecule has 13 heteroatoms. The predicted molar refractivity (Wildman–Crippen MR) is 259 cm³/mol. The highest BCUT2D eigenvalue weighted by molar-refractivity contribution is 5.98. The zero-order valence-electron chi connectivity index (χ0n) is 33.9. The third-order valence-corrected chi connectivity index (χ3v) is 8.62. The SMILES string of the molecule is C.C.C.C.COc1ccc(C(C)=O)cc1.COc1ccc(Nc2nc(Nc3ccc(OC)cc3)nc(Nc3ccc(OC)cc3)n2)cc1.COc1ccc2cc(C(C)=O)ccc2c1. The topological polar surface area (TPSA) is 155 Å². The summed E-state index contributed by atoms with van der Waals surface area (Å²) in [6, 6.07) is 41.0. The van der Waals surface area contributed by atoms with E-state index < -0.39 is 0 Å². The van der Waals surface area contributed by atoms with Crippen LogP contribution in [0.3, 0.4) is 0 Å². The van der Waals surface area contributed by atoms with Gasteiger partial charge in [-0.05, 0) is 140 Å². The lowest BCUT2D eigenvalue weighted by molar-refractivity contribution is 0.100. The molecular formula is C50H62N6O7. The first-order valence-electron chi connectivity index (χ1n) is 18.3. The van der Waals surface area contributed by atoms with Gasteiger partial charge in [0, 0.05) is 28.2 Å². The number of carbonyl (C=O) groups excluding carboxylic acids is 2.